The molecule has 0 saturated carbocycles. The lowest BCUT2D eigenvalue weighted by Crippen LogP contribution is -2.36. The van der Waals surface area contributed by atoms with Crippen LogP contribution in [0.3, 0.4) is 0 Å². The molecule has 0 atom stereocenters. The Bertz CT molecular complexity index is 2110. The quantitative estimate of drug-likeness (QED) is 0.262. The largest absolute Gasteiger partial charge is 0.334 e. The Morgan fingerprint density at radius 2 is 1.87 bits per heavy atom. The van der Waals surface area contributed by atoms with Gasteiger partial charge in [0.15, 0.2) is 17.9 Å². The van der Waals surface area contributed by atoms with Gasteiger partial charge in [-0.3, -0.25) is 24.0 Å². The van der Waals surface area contributed by atoms with Gasteiger partial charge < -0.3 is 9.88 Å². The molecule has 11 nitrogen and oxygen atoms in total. The number of nitrogens with zero attached hydrogens (tertiary/aromatic N) is 7. The number of pyridine rings is 2. The second-order valence-electron chi connectivity index (χ2n) is 12.3. The highest BCUT2D eigenvalue weighted by Crippen LogP contribution is 2.29. The summed E-state index contributed by atoms with van der Waals surface area (Å²) in [6.45, 7) is 6.61. The SMILES string of the molecule is Cn1cc(-c2ccnc(-n3ncc4cc(C(C)(C)C)cc(F)c4c3=O)c2C=O)cc(Nc2cc3n(n2)CCN(CC(F)F)C3)c1=O. The molecule has 5 heterocycles. The molecule has 1 N–H and O–H groups in total. The van der Waals surface area contributed by atoms with E-state index in [1.165, 1.54) is 29.2 Å². The van der Waals surface area contributed by atoms with Crippen LogP contribution in [-0.4, -0.2) is 59.8 Å². The van der Waals surface area contributed by atoms with Crippen LogP contribution in [0.15, 0.2) is 58.5 Å². The minimum Gasteiger partial charge on any atom is -0.334 e. The zero-order chi connectivity index (χ0) is 32.9. The summed E-state index contributed by atoms with van der Waals surface area (Å²) in [6, 6.07) is 7.85. The number of halogens is 3. The summed E-state index contributed by atoms with van der Waals surface area (Å²) in [4.78, 5) is 45.1. The molecule has 0 unspecified atom stereocenters. The third kappa shape index (κ3) is 5.71. The van der Waals surface area contributed by atoms with E-state index < -0.39 is 17.8 Å². The molecule has 238 valence electrons. The van der Waals surface area contributed by atoms with Crippen LogP contribution < -0.4 is 16.4 Å². The lowest BCUT2D eigenvalue weighted by atomic mass is 9.86. The van der Waals surface area contributed by atoms with E-state index >= 15 is 4.39 Å². The molecule has 6 rings (SSSR count). The Morgan fingerprint density at radius 3 is 2.59 bits per heavy atom. The number of carbonyl (C=O) groups excluding carboxylic acids is 1. The van der Waals surface area contributed by atoms with Crippen molar-refractivity contribution in [1.82, 2.24) is 34.0 Å². The lowest BCUT2D eigenvalue weighted by Gasteiger charge is -2.26. The number of alkyl halides is 2. The fourth-order valence-corrected chi connectivity index (χ4v) is 5.64. The van der Waals surface area contributed by atoms with Crippen molar-refractivity contribution in [3.63, 3.8) is 0 Å². The molecule has 5 aromatic rings. The Balaban J connectivity index is 1.39. The van der Waals surface area contributed by atoms with Gasteiger partial charge in [0.25, 0.3) is 17.5 Å². The standard InChI is InChI=1S/C32H31F3N8O3/c1-32(2,3)20-9-18-13-37-43(31(46)28(18)24(33)11-20)29-23(17-44)22(5-6-36-29)19-10-25(30(45)40(4)14-19)38-27-12-21-15-41(16-26(34)35)7-8-42(21)39-27/h5-6,9-14,17,26H,7-8,15-16H2,1-4H3,(H,38,39). The average molecular weight is 633 g/mol. The second-order valence-corrected chi connectivity index (χ2v) is 12.3. The lowest BCUT2D eigenvalue weighted by molar-refractivity contribution is 0.0737. The van der Waals surface area contributed by atoms with Crippen molar-refractivity contribution in [2.45, 2.75) is 45.7 Å². The Labute approximate surface area is 260 Å². The summed E-state index contributed by atoms with van der Waals surface area (Å²) >= 11 is 0. The van der Waals surface area contributed by atoms with Crippen molar-refractivity contribution in [1.29, 1.82) is 0 Å². The zero-order valence-electron chi connectivity index (χ0n) is 25.6. The van der Waals surface area contributed by atoms with E-state index in [1.807, 2.05) is 20.8 Å². The first-order valence-electron chi connectivity index (χ1n) is 14.6. The Hall–Kier alpha value is -5.11. The maximum Gasteiger partial charge on any atom is 0.283 e. The van der Waals surface area contributed by atoms with Gasteiger partial charge in [0.05, 0.1) is 35.9 Å². The molecule has 0 aliphatic carbocycles. The van der Waals surface area contributed by atoms with Crippen LogP contribution in [0.1, 0.15) is 42.4 Å². The molecule has 4 aromatic heterocycles. The number of fused-ring (bicyclic) bond motifs is 2. The summed E-state index contributed by atoms with van der Waals surface area (Å²) in [7, 11) is 1.55. The van der Waals surface area contributed by atoms with E-state index in [9.17, 15) is 23.2 Å². The number of nitrogens with one attached hydrogen (secondary N) is 1. The van der Waals surface area contributed by atoms with E-state index in [1.54, 1.807) is 40.9 Å². The average Bonchev–Trinajstić information content (AvgIpc) is 3.39. The van der Waals surface area contributed by atoms with Crippen molar-refractivity contribution < 1.29 is 18.0 Å². The van der Waals surface area contributed by atoms with Gasteiger partial charge in [-0.25, -0.2) is 18.2 Å². The first kappa shape index (κ1) is 30.9. The van der Waals surface area contributed by atoms with Gasteiger partial charge in [-0.05, 0) is 40.8 Å². The summed E-state index contributed by atoms with van der Waals surface area (Å²) in [5.74, 6) is -0.446. The summed E-state index contributed by atoms with van der Waals surface area (Å²) < 4.78 is 45.0. The fourth-order valence-electron chi connectivity index (χ4n) is 5.64. The van der Waals surface area contributed by atoms with E-state index in [-0.39, 0.29) is 40.0 Å². The van der Waals surface area contributed by atoms with Crippen molar-refractivity contribution in [3.05, 3.63) is 92.3 Å². The molecule has 0 amide bonds. The monoisotopic (exact) mass is 632 g/mol. The number of benzene rings is 1. The molecule has 46 heavy (non-hydrogen) atoms. The number of hydrogen-bond acceptors (Lipinski definition) is 8. The molecule has 14 heteroatoms. The van der Waals surface area contributed by atoms with Gasteiger partial charge in [-0.15, -0.1) is 0 Å². The van der Waals surface area contributed by atoms with Gasteiger partial charge in [0.1, 0.15) is 11.5 Å². The minimum atomic E-state index is -2.44. The smallest absolute Gasteiger partial charge is 0.283 e. The molecule has 0 spiro atoms. The Kier molecular flexibility index (Phi) is 7.84. The number of hydrogen-bond donors (Lipinski definition) is 1. The fraction of sp³-hybridized carbons (Fsp3) is 0.312. The van der Waals surface area contributed by atoms with Gasteiger partial charge in [0.2, 0.25) is 0 Å². The van der Waals surface area contributed by atoms with Crippen molar-refractivity contribution in [2.75, 3.05) is 18.4 Å². The third-order valence-electron chi connectivity index (χ3n) is 8.02. The van der Waals surface area contributed by atoms with Gasteiger partial charge in [0, 0.05) is 49.5 Å². The summed E-state index contributed by atoms with van der Waals surface area (Å²) in [5, 5.41) is 11.9. The molecule has 0 saturated heterocycles. The highest BCUT2D eigenvalue weighted by atomic mass is 19.3. The highest BCUT2D eigenvalue weighted by Gasteiger charge is 2.23. The normalized spacial score (nSPS) is 13.7. The van der Waals surface area contributed by atoms with Crippen LogP contribution in [0.4, 0.5) is 24.7 Å². The van der Waals surface area contributed by atoms with Crippen LogP contribution in [0.25, 0.3) is 27.7 Å². The Morgan fingerprint density at radius 1 is 1.09 bits per heavy atom. The first-order valence-corrected chi connectivity index (χ1v) is 14.6. The number of aldehydes is 1. The minimum absolute atomic E-state index is 0.00402. The number of anilines is 2. The van der Waals surface area contributed by atoms with Crippen LogP contribution >= 0.6 is 0 Å². The van der Waals surface area contributed by atoms with Crippen molar-refractivity contribution in [3.8, 4) is 16.9 Å². The first-order chi connectivity index (χ1) is 21.8. The molecular formula is C32H31F3N8O3. The second kappa shape index (κ2) is 11.7. The number of aryl methyl sites for hydroxylation is 1. The van der Waals surface area contributed by atoms with Crippen LogP contribution in [0.2, 0.25) is 0 Å². The predicted molar refractivity (Wildman–Crippen MR) is 167 cm³/mol. The number of aromatic nitrogens is 6. The van der Waals surface area contributed by atoms with Crippen molar-refractivity contribution in [2.24, 2.45) is 7.05 Å². The maximum absolute atomic E-state index is 15.3. The van der Waals surface area contributed by atoms with Gasteiger partial charge in [-0.1, -0.05) is 20.8 Å². The third-order valence-corrected chi connectivity index (χ3v) is 8.02. The summed E-state index contributed by atoms with van der Waals surface area (Å²) in [5.41, 5.74) is 0.855. The zero-order valence-corrected chi connectivity index (χ0v) is 25.6. The van der Waals surface area contributed by atoms with Crippen LogP contribution in [-0.2, 0) is 25.6 Å². The highest BCUT2D eigenvalue weighted by molar-refractivity contribution is 5.92. The maximum atomic E-state index is 15.3. The molecule has 0 fully saturated rings. The van der Waals surface area contributed by atoms with Crippen molar-refractivity contribution >= 4 is 28.6 Å². The molecule has 1 aromatic carbocycles. The van der Waals surface area contributed by atoms with E-state index in [0.717, 1.165) is 10.4 Å². The topological polar surface area (TPSA) is 120 Å². The van der Waals surface area contributed by atoms with Gasteiger partial charge >= 0.3 is 0 Å². The molecular weight excluding hydrogens is 601 g/mol. The predicted octanol–water partition coefficient (Wildman–Crippen LogP) is 4.42. The molecule has 1 aliphatic heterocycles. The number of carbonyl (C=O) groups is 1. The van der Waals surface area contributed by atoms with E-state index in [0.29, 0.717) is 53.8 Å². The number of rotatable bonds is 7. The van der Waals surface area contributed by atoms with Gasteiger partial charge in [-0.2, -0.15) is 14.9 Å². The van der Waals surface area contributed by atoms with Crippen LogP contribution in [0.5, 0.6) is 0 Å². The van der Waals surface area contributed by atoms with Crippen LogP contribution in [0, 0.1) is 5.82 Å². The molecule has 0 radical (unpaired) electrons. The van der Waals surface area contributed by atoms with E-state index in [4.69, 9.17) is 0 Å². The summed E-state index contributed by atoms with van der Waals surface area (Å²) in [6.07, 6.45) is 2.37. The molecule has 1 aliphatic rings. The van der Waals surface area contributed by atoms with E-state index in [2.05, 4.69) is 20.5 Å². The molecule has 0 bridgehead atoms.